The SMILES string of the molecule is N#CC1(N)CCN(c2cccc(Br)c2)CC1. The van der Waals surface area contributed by atoms with Crippen LogP contribution in [0.1, 0.15) is 12.8 Å². The molecule has 1 saturated heterocycles. The van der Waals surface area contributed by atoms with Crippen LogP contribution in [0.15, 0.2) is 28.7 Å². The van der Waals surface area contributed by atoms with Gasteiger partial charge in [-0.25, -0.2) is 0 Å². The zero-order valence-electron chi connectivity index (χ0n) is 8.99. The minimum absolute atomic E-state index is 0.623. The van der Waals surface area contributed by atoms with Crippen molar-refractivity contribution in [2.24, 2.45) is 5.73 Å². The van der Waals surface area contributed by atoms with E-state index < -0.39 is 5.54 Å². The third kappa shape index (κ3) is 2.37. The van der Waals surface area contributed by atoms with Crippen LogP contribution in [0.4, 0.5) is 5.69 Å². The molecule has 16 heavy (non-hydrogen) atoms. The van der Waals surface area contributed by atoms with Gasteiger partial charge in [-0.15, -0.1) is 0 Å². The highest BCUT2D eigenvalue weighted by atomic mass is 79.9. The third-order valence-electron chi connectivity index (χ3n) is 3.05. The van der Waals surface area contributed by atoms with E-state index >= 15 is 0 Å². The highest BCUT2D eigenvalue weighted by molar-refractivity contribution is 9.10. The van der Waals surface area contributed by atoms with E-state index in [0.717, 1.165) is 30.4 Å². The summed E-state index contributed by atoms with van der Waals surface area (Å²) in [5.41, 5.74) is 6.50. The van der Waals surface area contributed by atoms with Gasteiger partial charge in [-0.2, -0.15) is 5.26 Å². The molecule has 0 unspecified atom stereocenters. The number of hydrogen-bond acceptors (Lipinski definition) is 3. The molecule has 3 nitrogen and oxygen atoms in total. The molecule has 0 spiro atoms. The molecule has 4 heteroatoms. The lowest BCUT2D eigenvalue weighted by atomic mass is 9.90. The lowest BCUT2D eigenvalue weighted by molar-refractivity contribution is 0.415. The maximum Gasteiger partial charge on any atom is 0.107 e. The molecule has 0 bridgehead atoms. The fourth-order valence-electron chi connectivity index (χ4n) is 1.95. The summed E-state index contributed by atoms with van der Waals surface area (Å²) in [6, 6.07) is 10.4. The Bertz CT molecular complexity index is 417. The second kappa shape index (κ2) is 4.44. The highest BCUT2D eigenvalue weighted by Gasteiger charge is 2.30. The summed E-state index contributed by atoms with van der Waals surface area (Å²) in [6.07, 6.45) is 1.46. The van der Waals surface area contributed by atoms with E-state index in [2.05, 4.69) is 39.0 Å². The van der Waals surface area contributed by atoms with Gasteiger partial charge in [0.2, 0.25) is 0 Å². The van der Waals surface area contributed by atoms with Crippen molar-refractivity contribution in [2.45, 2.75) is 18.4 Å². The molecular weight excluding hydrogens is 266 g/mol. The first-order valence-electron chi connectivity index (χ1n) is 5.34. The zero-order chi connectivity index (χ0) is 11.6. The van der Waals surface area contributed by atoms with Gasteiger partial charge >= 0.3 is 0 Å². The normalized spacial score (nSPS) is 19.2. The highest BCUT2D eigenvalue weighted by Crippen LogP contribution is 2.26. The van der Waals surface area contributed by atoms with E-state index in [1.165, 1.54) is 5.69 Å². The molecule has 1 heterocycles. The zero-order valence-corrected chi connectivity index (χ0v) is 10.6. The largest absolute Gasteiger partial charge is 0.371 e. The molecule has 0 saturated carbocycles. The Morgan fingerprint density at radius 2 is 2.06 bits per heavy atom. The Hall–Kier alpha value is -1.05. The molecule has 1 aromatic rings. The van der Waals surface area contributed by atoms with Crippen LogP contribution in [0.3, 0.4) is 0 Å². The summed E-state index contributed by atoms with van der Waals surface area (Å²) in [5.74, 6) is 0. The second-order valence-corrected chi connectivity index (χ2v) is 5.15. The van der Waals surface area contributed by atoms with Crippen LogP contribution in [-0.4, -0.2) is 18.6 Å². The first kappa shape index (κ1) is 11.4. The molecule has 1 aliphatic rings. The predicted molar refractivity (Wildman–Crippen MR) is 68.1 cm³/mol. The van der Waals surface area contributed by atoms with Crippen LogP contribution < -0.4 is 10.6 Å². The van der Waals surface area contributed by atoms with E-state index in [9.17, 15) is 0 Å². The van der Waals surface area contributed by atoms with E-state index in [1.807, 2.05) is 12.1 Å². The summed E-state index contributed by atoms with van der Waals surface area (Å²) in [5, 5.41) is 8.95. The number of nitriles is 1. The number of rotatable bonds is 1. The lowest BCUT2D eigenvalue weighted by Crippen LogP contribution is -2.49. The Morgan fingerprint density at radius 3 is 2.62 bits per heavy atom. The summed E-state index contributed by atoms with van der Waals surface area (Å²) >= 11 is 3.46. The number of halogens is 1. The Kier molecular flexibility index (Phi) is 3.17. The molecule has 0 aromatic heterocycles. The summed E-state index contributed by atoms with van der Waals surface area (Å²) in [4.78, 5) is 2.27. The number of benzene rings is 1. The van der Waals surface area contributed by atoms with Crippen LogP contribution in [0.5, 0.6) is 0 Å². The summed E-state index contributed by atoms with van der Waals surface area (Å²) in [6.45, 7) is 1.70. The van der Waals surface area contributed by atoms with E-state index in [4.69, 9.17) is 11.0 Å². The first-order valence-corrected chi connectivity index (χ1v) is 6.13. The van der Waals surface area contributed by atoms with Crippen LogP contribution in [-0.2, 0) is 0 Å². The first-order chi connectivity index (χ1) is 7.63. The average molecular weight is 280 g/mol. The fraction of sp³-hybridized carbons (Fsp3) is 0.417. The minimum atomic E-state index is -0.623. The van der Waals surface area contributed by atoms with Gasteiger partial charge in [0.25, 0.3) is 0 Å². The van der Waals surface area contributed by atoms with Crippen LogP contribution in [0.25, 0.3) is 0 Å². The van der Waals surface area contributed by atoms with Crippen LogP contribution in [0, 0.1) is 11.3 Å². The second-order valence-electron chi connectivity index (χ2n) is 4.23. The van der Waals surface area contributed by atoms with Gasteiger partial charge in [-0.3, -0.25) is 0 Å². The average Bonchev–Trinajstić information content (AvgIpc) is 2.30. The number of nitrogens with two attached hydrogens (primary N) is 1. The van der Waals surface area contributed by atoms with Crippen molar-refractivity contribution in [1.29, 1.82) is 5.26 Å². The molecule has 0 amide bonds. The van der Waals surface area contributed by atoms with Gasteiger partial charge in [0, 0.05) is 23.2 Å². The van der Waals surface area contributed by atoms with Crippen molar-refractivity contribution in [3.8, 4) is 6.07 Å². The number of hydrogen-bond donors (Lipinski definition) is 1. The van der Waals surface area contributed by atoms with Gasteiger partial charge in [0.05, 0.1) is 6.07 Å². The van der Waals surface area contributed by atoms with Gasteiger partial charge in [0.15, 0.2) is 0 Å². The van der Waals surface area contributed by atoms with Gasteiger partial charge in [0.1, 0.15) is 5.54 Å². The minimum Gasteiger partial charge on any atom is -0.371 e. The maximum absolute atomic E-state index is 8.95. The molecule has 0 radical (unpaired) electrons. The summed E-state index contributed by atoms with van der Waals surface area (Å²) < 4.78 is 1.08. The topological polar surface area (TPSA) is 53.1 Å². The molecule has 1 aliphatic heterocycles. The molecular formula is C12H14BrN3. The smallest absolute Gasteiger partial charge is 0.107 e. The third-order valence-corrected chi connectivity index (χ3v) is 3.54. The van der Waals surface area contributed by atoms with E-state index in [-0.39, 0.29) is 0 Å². The number of piperidine rings is 1. The van der Waals surface area contributed by atoms with Crippen molar-refractivity contribution < 1.29 is 0 Å². The monoisotopic (exact) mass is 279 g/mol. The molecule has 0 aliphatic carbocycles. The van der Waals surface area contributed by atoms with Crippen molar-refractivity contribution in [2.75, 3.05) is 18.0 Å². The van der Waals surface area contributed by atoms with Crippen molar-refractivity contribution in [3.63, 3.8) is 0 Å². The van der Waals surface area contributed by atoms with Gasteiger partial charge < -0.3 is 10.6 Å². The molecule has 84 valence electrons. The summed E-state index contributed by atoms with van der Waals surface area (Å²) in [7, 11) is 0. The van der Waals surface area contributed by atoms with Crippen molar-refractivity contribution in [3.05, 3.63) is 28.7 Å². The van der Waals surface area contributed by atoms with Crippen molar-refractivity contribution >= 4 is 21.6 Å². The maximum atomic E-state index is 8.95. The molecule has 1 aromatic carbocycles. The molecule has 2 N–H and O–H groups in total. The molecule has 2 rings (SSSR count). The lowest BCUT2D eigenvalue weighted by Gasteiger charge is -2.36. The standard InChI is InChI=1S/C12H14BrN3/c13-10-2-1-3-11(8-10)16-6-4-12(15,9-14)5-7-16/h1-3,8H,4-7,15H2. The Labute approximate surface area is 104 Å². The van der Waals surface area contributed by atoms with Gasteiger partial charge in [-0.05, 0) is 31.0 Å². The van der Waals surface area contributed by atoms with Crippen LogP contribution in [0.2, 0.25) is 0 Å². The predicted octanol–water partition coefficient (Wildman–Crippen LogP) is 2.27. The fourth-order valence-corrected chi connectivity index (χ4v) is 2.34. The van der Waals surface area contributed by atoms with E-state index in [0.29, 0.717) is 0 Å². The number of anilines is 1. The molecule has 1 fully saturated rings. The number of nitrogens with zero attached hydrogens (tertiary/aromatic N) is 2. The quantitative estimate of drug-likeness (QED) is 0.858. The van der Waals surface area contributed by atoms with E-state index in [1.54, 1.807) is 0 Å². The van der Waals surface area contributed by atoms with Crippen LogP contribution >= 0.6 is 15.9 Å². The Balaban J connectivity index is 2.08. The Morgan fingerprint density at radius 1 is 1.38 bits per heavy atom. The molecule has 0 atom stereocenters. The van der Waals surface area contributed by atoms with Crippen molar-refractivity contribution in [1.82, 2.24) is 0 Å². The van der Waals surface area contributed by atoms with Gasteiger partial charge in [-0.1, -0.05) is 22.0 Å².